The van der Waals surface area contributed by atoms with Crippen LogP contribution < -0.4 is 5.32 Å². The van der Waals surface area contributed by atoms with E-state index in [4.69, 9.17) is 11.6 Å². The smallest absolute Gasteiger partial charge is 0.257 e. The molecule has 0 aromatic heterocycles. The molecule has 2 fully saturated rings. The Morgan fingerprint density at radius 3 is 2.95 bits per heavy atom. The van der Waals surface area contributed by atoms with E-state index in [9.17, 15) is 9.90 Å². The molecule has 1 aromatic carbocycles. The quantitative estimate of drug-likeness (QED) is 0.827. The number of carbonyl (C=O) groups is 1. The van der Waals surface area contributed by atoms with Crippen LogP contribution in [0.3, 0.4) is 0 Å². The SMILES string of the molecule is O=C(c1cc(Cl)ccc1O)N1CCC2CCC(C1)N2. The Kier molecular flexibility index (Phi) is 3.37. The molecule has 2 heterocycles. The first-order valence-electron chi connectivity index (χ1n) is 6.67. The molecule has 0 aliphatic carbocycles. The topological polar surface area (TPSA) is 52.6 Å². The lowest BCUT2D eigenvalue weighted by Crippen LogP contribution is -2.39. The Bertz CT molecular complexity index is 506. The van der Waals surface area contributed by atoms with Crippen LogP contribution in [0.5, 0.6) is 5.75 Å². The Hall–Kier alpha value is -1.26. The third kappa shape index (κ3) is 2.55. The van der Waals surface area contributed by atoms with E-state index in [0.29, 0.717) is 29.2 Å². The van der Waals surface area contributed by atoms with Gasteiger partial charge in [-0.1, -0.05) is 11.6 Å². The third-order valence-electron chi connectivity index (χ3n) is 4.00. The van der Waals surface area contributed by atoms with Crippen molar-refractivity contribution >= 4 is 17.5 Å². The van der Waals surface area contributed by atoms with Gasteiger partial charge in [0.1, 0.15) is 5.75 Å². The van der Waals surface area contributed by atoms with E-state index in [1.165, 1.54) is 18.6 Å². The number of likely N-dealkylation sites (tertiary alicyclic amines) is 1. The molecule has 0 spiro atoms. The summed E-state index contributed by atoms with van der Waals surface area (Å²) in [6.45, 7) is 1.44. The first-order valence-corrected chi connectivity index (χ1v) is 7.05. The second kappa shape index (κ2) is 5.02. The summed E-state index contributed by atoms with van der Waals surface area (Å²) in [5, 5.41) is 13.8. The number of amides is 1. The van der Waals surface area contributed by atoms with Crippen molar-refractivity contribution in [2.45, 2.75) is 31.3 Å². The second-order valence-electron chi connectivity index (χ2n) is 5.34. The molecule has 4 nitrogen and oxygen atoms in total. The average Bonchev–Trinajstić information content (AvgIpc) is 2.71. The maximum Gasteiger partial charge on any atom is 0.257 e. The maximum absolute atomic E-state index is 12.5. The van der Waals surface area contributed by atoms with E-state index in [2.05, 4.69) is 5.32 Å². The number of phenols is 1. The Morgan fingerprint density at radius 1 is 1.32 bits per heavy atom. The fourth-order valence-electron chi connectivity index (χ4n) is 2.98. The number of hydrogen-bond acceptors (Lipinski definition) is 3. The molecule has 19 heavy (non-hydrogen) atoms. The number of hydrogen-bond donors (Lipinski definition) is 2. The molecule has 2 N–H and O–H groups in total. The molecule has 0 saturated carbocycles. The minimum Gasteiger partial charge on any atom is -0.507 e. The van der Waals surface area contributed by atoms with Crippen molar-refractivity contribution in [2.24, 2.45) is 0 Å². The first-order chi connectivity index (χ1) is 9.13. The lowest BCUT2D eigenvalue weighted by atomic mass is 10.1. The minimum absolute atomic E-state index is 0.00299. The van der Waals surface area contributed by atoms with Crippen LogP contribution in [-0.4, -0.2) is 41.1 Å². The fourth-order valence-corrected chi connectivity index (χ4v) is 3.15. The van der Waals surface area contributed by atoms with E-state index < -0.39 is 0 Å². The minimum atomic E-state index is -0.130. The first kappa shape index (κ1) is 12.8. The summed E-state index contributed by atoms with van der Waals surface area (Å²) in [6, 6.07) is 5.52. The molecule has 2 bridgehead atoms. The zero-order chi connectivity index (χ0) is 13.4. The van der Waals surface area contributed by atoms with E-state index in [-0.39, 0.29) is 11.7 Å². The highest BCUT2D eigenvalue weighted by Gasteiger charge is 2.32. The summed E-state index contributed by atoms with van der Waals surface area (Å²) in [4.78, 5) is 14.3. The van der Waals surface area contributed by atoms with Gasteiger partial charge in [0, 0.05) is 30.2 Å². The largest absolute Gasteiger partial charge is 0.507 e. The molecule has 5 heteroatoms. The summed E-state index contributed by atoms with van der Waals surface area (Å²) in [5.74, 6) is -0.133. The summed E-state index contributed by atoms with van der Waals surface area (Å²) in [6.07, 6.45) is 3.30. The summed E-state index contributed by atoms with van der Waals surface area (Å²) in [5.41, 5.74) is 0.297. The Labute approximate surface area is 117 Å². The van der Waals surface area contributed by atoms with Crippen molar-refractivity contribution in [1.29, 1.82) is 0 Å². The van der Waals surface area contributed by atoms with Gasteiger partial charge >= 0.3 is 0 Å². The second-order valence-corrected chi connectivity index (χ2v) is 5.78. The lowest BCUT2D eigenvalue weighted by molar-refractivity contribution is 0.0745. The molecular weight excluding hydrogens is 264 g/mol. The maximum atomic E-state index is 12.5. The van der Waals surface area contributed by atoms with Crippen LogP contribution in [0, 0.1) is 0 Å². The van der Waals surface area contributed by atoms with Gasteiger partial charge in [-0.3, -0.25) is 4.79 Å². The number of nitrogens with zero attached hydrogens (tertiary/aromatic N) is 1. The Balaban J connectivity index is 1.81. The number of fused-ring (bicyclic) bond motifs is 2. The van der Waals surface area contributed by atoms with Gasteiger partial charge in [0.25, 0.3) is 5.91 Å². The number of halogens is 1. The number of benzene rings is 1. The van der Waals surface area contributed by atoms with Gasteiger partial charge in [0.2, 0.25) is 0 Å². The van der Waals surface area contributed by atoms with Crippen molar-refractivity contribution < 1.29 is 9.90 Å². The molecule has 1 aromatic rings. The van der Waals surface area contributed by atoms with E-state index >= 15 is 0 Å². The normalized spacial score (nSPS) is 26.3. The zero-order valence-electron chi connectivity index (χ0n) is 10.6. The standard InChI is InChI=1S/C14H17ClN2O2/c15-9-1-4-13(18)12(7-9)14(19)17-6-5-10-2-3-11(8-17)16-10/h1,4,7,10-11,16,18H,2-3,5-6,8H2. The van der Waals surface area contributed by atoms with Gasteiger partial charge in [-0.2, -0.15) is 0 Å². The molecule has 2 unspecified atom stereocenters. The van der Waals surface area contributed by atoms with Crippen LogP contribution >= 0.6 is 11.6 Å². The van der Waals surface area contributed by atoms with Crippen molar-refractivity contribution in [1.82, 2.24) is 10.2 Å². The lowest BCUT2D eigenvalue weighted by Gasteiger charge is -2.24. The predicted octanol–water partition coefficient (Wildman–Crippen LogP) is 2.01. The predicted molar refractivity (Wildman–Crippen MR) is 73.6 cm³/mol. The molecule has 3 rings (SSSR count). The van der Waals surface area contributed by atoms with Crippen LogP contribution in [0.1, 0.15) is 29.6 Å². The van der Waals surface area contributed by atoms with Crippen molar-refractivity contribution in [3.05, 3.63) is 28.8 Å². The highest BCUT2D eigenvalue weighted by Crippen LogP contribution is 2.26. The number of carbonyl (C=O) groups excluding carboxylic acids is 1. The number of aromatic hydroxyl groups is 1. The molecular formula is C14H17ClN2O2. The van der Waals surface area contributed by atoms with Crippen molar-refractivity contribution in [2.75, 3.05) is 13.1 Å². The molecule has 2 atom stereocenters. The highest BCUT2D eigenvalue weighted by atomic mass is 35.5. The third-order valence-corrected chi connectivity index (χ3v) is 4.23. The molecule has 1 amide bonds. The van der Waals surface area contributed by atoms with E-state index in [1.807, 2.05) is 4.90 Å². The van der Waals surface area contributed by atoms with Crippen LogP contribution in [0.25, 0.3) is 0 Å². The molecule has 102 valence electrons. The van der Waals surface area contributed by atoms with Gasteiger partial charge in [-0.05, 0) is 37.5 Å². The van der Waals surface area contributed by atoms with E-state index in [1.54, 1.807) is 6.07 Å². The van der Waals surface area contributed by atoms with Gasteiger partial charge in [-0.15, -0.1) is 0 Å². The summed E-state index contributed by atoms with van der Waals surface area (Å²) >= 11 is 5.90. The van der Waals surface area contributed by atoms with Gasteiger partial charge < -0.3 is 15.3 Å². The van der Waals surface area contributed by atoms with Gasteiger partial charge in [-0.25, -0.2) is 0 Å². The number of rotatable bonds is 1. The molecule has 2 aliphatic rings. The van der Waals surface area contributed by atoms with Gasteiger partial charge in [0.15, 0.2) is 0 Å². The summed E-state index contributed by atoms with van der Waals surface area (Å²) in [7, 11) is 0. The molecule has 2 aliphatic heterocycles. The molecule has 0 radical (unpaired) electrons. The zero-order valence-corrected chi connectivity index (χ0v) is 11.4. The molecule has 2 saturated heterocycles. The van der Waals surface area contributed by atoms with Crippen molar-refractivity contribution in [3.63, 3.8) is 0 Å². The highest BCUT2D eigenvalue weighted by molar-refractivity contribution is 6.31. The van der Waals surface area contributed by atoms with Crippen LogP contribution in [0.2, 0.25) is 5.02 Å². The van der Waals surface area contributed by atoms with Gasteiger partial charge in [0.05, 0.1) is 5.56 Å². The van der Waals surface area contributed by atoms with Crippen molar-refractivity contribution in [3.8, 4) is 5.75 Å². The van der Waals surface area contributed by atoms with Crippen LogP contribution in [0.15, 0.2) is 18.2 Å². The monoisotopic (exact) mass is 280 g/mol. The summed E-state index contributed by atoms with van der Waals surface area (Å²) < 4.78 is 0. The van der Waals surface area contributed by atoms with E-state index in [0.717, 1.165) is 19.4 Å². The number of nitrogens with one attached hydrogen (secondary N) is 1. The number of phenolic OH excluding ortho intramolecular Hbond substituents is 1. The fraction of sp³-hybridized carbons (Fsp3) is 0.500. The van der Waals surface area contributed by atoms with Crippen LogP contribution in [-0.2, 0) is 0 Å². The Morgan fingerprint density at radius 2 is 2.11 bits per heavy atom. The average molecular weight is 281 g/mol. The van der Waals surface area contributed by atoms with Crippen LogP contribution in [0.4, 0.5) is 0 Å².